The van der Waals surface area contributed by atoms with Crippen molar-refractivity contribution in [3.05, 3.63) is 64.2 Å². The van der Waals surface area contributed by atoms with Gasteiger partial charge in [0.1, 0.15) is 0 Å². The molecule has 0 unspecified atom stereocenters. The predicted octanol–water partition coefficient (Wildman–Crippen LogP) is 5.74. The number of methoxy groups -OCH3 is 1. The average molecular weight is 678 g/mol. The molecule has 1 N–H and O–H groups in total. The normalized spacial score (nSPS) is 26.7. The summed E-state index contributed by atoms with van der Waals surface area (Å²) in [5.74, 6) is -1.98. The zero-order chi connectivity index (χ0) is 33.3. The number of nitrogens with zero attached hydrogens (tertiary/aromatic N) is 3. The van der Waals surface area contributed by atoms with E-state index < -0.39 is 23.6 Å². The van der Waals surface area contributed by atoms with Gasteiger partial charge in [0.05, 0.1) is 24.0 Å². The maximum absolute atomic E-state index is 14.5. The van der Waals surface area contributed by atoms with E-state index in [4.69, 9.17) is 21.1 Å². The Morgan fingerprint density at radius 3 is 2.30 bits per heavy atom. The zero-order valence-electron chi connectivity index (χ0n) is 26.6. The van der Waals surface area contributed by atoms with Crippen LogP contribution in [-0.2, 0) is 25.2 Å². The molecule has 4 saturated heterocycles. The quantitative estimate of drug-likeness (QED) is 0.382. The second-order valence-corrected chi connectivity index (χ2v) is 13.9. The van der Waals surface area contributed by atoms with Crippen LogP contribution in [0.2, 0.25) is 5.02 Å². The van der Waals surface area contributed by atoms with Gasteiger partial charge in [-0.3, -0.25) is 14.5 Å². The molecule has 47 heavy (non-hydrogen) atoms. The first-order chi connectivity index (χ1) is 22.5. The molecule has 0 aromatic heterocycles. The number of benzene rings is 2. The highest BCUT2D eigenvalue weighted by atomic mass is 35.5. The molecule has 1 amide bonds. The number of hydrogen-bond donors (Lipinski definition) is 1. The average Bonchev–Trinajstić information content (AvgIpc) is 3.70. The largest absolute Gasteiger partial charge is 0.481 e. The van der Waals surface area contributed by atoms with Crippen molar-refractivity contribution >= 4 is 29.2 Å². The van der Waals surface area contributed by atoms with E-state index in [1.807, 2.05) is 34.1 Å². The predicted molar refractivity (Wildman–Crippen MR) is 172 cm³/mol. The van der Waals surface area contributed by atoms with E-state index in [-0.39, 0.29) is 29.6 Å². The van der Waals surface area contributed by atoms with E-state index in [1.54, 1.807) is 13.2 Å². The Hall–Kier alpha value is -2.86. The number of carbonyl (C=O) groups excluding carboxylic acids is 1. The summed E-state index contributed by atoms with van der Waals surface area (Å²) in [4.78, 5) is 32.3. The van der Waals surface area contributed by atoms with Crippen LogP contribution in [0.1, 0.15) is 54.2 Å². The first-order valence-electron chi connectivity index (χ1n) is 16.6. The van der Waals surface area contributed by atoms with Crippen LogP contribution < -0.4 is 4.90 Å². The number of likely N-dealkylation sites (tertiary alicyclic amines) is 2. The molecule has 6 rings (SSSR count). The van der Waals surface area contributed by atoms with Crippen molar-refractivity contribution in [1.29, 1.82) is 0 Å². The number of carboxylic acid groups (broad SMARTS) is 1. The molecule has 4 heterocycles. The van der Waals surface area contributed by atoms with Crippen LogP contribution in [0.25, 0.3) is 0 Å². The molecular weight excluding hydrogens is 635 g/mol. The fourth-order valence-corrected chi connectivity index (χ4v) is 8.30. The number of carboxylic acids is 1. The Kier molecular flexibility index (Phi) is 10.4. The molecule has 2 aromatic carbocycles. The number of rotatable bonds is 8. The second-order valence-electron chi connectivity index (χ2n) is 13.5. The van der Waals surface area contributed by atoms with Gasteiger partial charge in [-0.25, -0.2) is 0 Å². The van der Waals surface area contributed by atoms with Crippen LogP contribution in [0.15, 0.2) is 42.5 Å². The van der Waals surface area contributed by atoms with Crippen LogP contribution in [0.4, 0.5) is 18.9 Å². The summed E-state index contributed by atoms with van der Waals surface area (Å²) in [6, 6.07) is 12.0. The molecule has 0 aliphatic carbocycles. The molecule has 4 aliphatic heterocycles. The van der Waals surface area contributed by atoms with Crippen molar-refractivity contribution in [2.24, 2.45) is 17.8 Å². The van der Waals surface area contributed by atoms with Crippen molar-refractivity contribution in [1.82, 2.24) is 9.80 Å². The molecule has 0 bridgehead atoms. The number of piperidine rings is 1. The van der Waals surface area contributed by atoms with Crippen LogP contribution >= 0.6 is 11.6 Å². The fraction of sp³-hybridized carbons (Fsp3) is 0.600. The SMILES string of the molecule is COC[C@H]1CN(C(=O)[C@@H]2CN(C3CCOCC3)C[C@H]2c2ccc(Cl)cc2)C[C@@H]1c1ccc(C(F)(F)F)cc1N1CCC(C(=O)O)CC1. The summed E-state index contributed by atoms with van der Waals surface area (Å²) in [7, 11) is 1.60. The van der Waals surface area contributed by atoms with Crippen molar-refractivity contribution < 1.29 is 37.3 Å². The summed E-state index contributed by atoms with van der Waals surface area (Å²) in [5, 5.41) is 10.1. The van der Waals surface area contributed by atoms with Gasteiger partial charge in [-0.15, -0.1) is 0 Å². The molecule has 0 radical (unpaired) electrons. The lowest BCUT2D eigenvalue weighted by Gasteiger charge is -2.35. The van der Waals surface area contributed by atoms with Gasteiger partial charge in [0.25, 0.3) is 0 Å². The van der Waals surface area contributed by atoms with Gasteiger partial charge >= 0.3 is 12.1 Å². The van der Waals surface area contributed by atoms with Crippen LogP contribution in [-0.4, -0.2) is 99.0 Å². The number of aliphatic carboxylic acids is 1. The number of ether oxygens (including phenoxy) is 2. The third-order valence-corrected chi connectivity index (χ3v) is 11.0. The Labute approximate surface area is 278 Å². The van der Waals surface area contributed by atoms with Crippen molar-refractivity contribution in [3.8, 4) is 0 Å². The first kappa shape index (κ1) is 34.0. The Morgan fingerprint density at radius 2 is 1.66 bits per heavy atom. The Bertz CT molecular complexity index is 1410. The fourth-order valence-electron chi connectivity index (χ4n) is 8.18. The van der Waals surface area contributed by atoms with E-state index in [2.05, 4.69) is 4.90 Å². The highest BCUT2D eigenvalue weighted by Crippen LogP contribution is 2.44. The lowest BCUT2D eigenvalue weighted by atomic mass is 9.86. The Balaban J connectivity index is 1.28. The smallest absolute Gasteiger partial charge is 0.416 e. The van der Waals surface area contributed by atoms with Gasteiger partial charge in [0.2, 0.25) is 5.91 Å². The monoisotopic (exact) mass is 677 g/mol. The minimum atomic E-state index is -4.52. The summed E-state index contributed by atoms with van der Waals surface area (Å²) in [6.07, 6.45) is -1.95. The maximum atomic E-state index is 14.5. The minimum Gasteiger partial charge on any atom is -0.481 e. The first-order valence-corrected chi connectivity index (χ1v) is 16.9. The number of amides is 1. The standard InChI is InChI=1S/C35H43ClF3N3O5/c1-46-21-24-17-42(33(43)31-20-41(27-10-14-47-15-11-27)18-29(31)22-2-5-26(36)6-3-22)19-30(24)28-7-4-25(35(37,38)39)16-32(28)40-12-8-23(9-13-40)34(44)45/h2-7,16,23-24,27,29-31H,8-15,17-21H2,1H3,(H,44,45)/t24-,29+,30+,31-/m1/s1. The van der Waals surface area contributed by atoms with Crippen LogP contribution in [0, 0.1) is 17.8 Å². The van der Waals surface area contributed by atoms with E-state index in [1.165, 1.54) is 6.07 Å². The number of alkyl halides is 3. The van der Waals surface area contributed by atoms with E-state index in [0.29, 0.717) is 82.1 Å². The molecule has 0 spiro atoms. The van der Waals surface area contributed by atoms with E-state index in [9.17, 15) is 27.9 Å². The summed E-state index contributed by atoms with van der Waals surface area (Å²) < 4.78 is 53.0. The van der Waals surface area contributed by atoms with Crippen LogP contribution in [0.3, 0.4) is 0 Å². The molecule has 4 fully saturated rings. The number of carbonyl (C=O) groups is 2. The molecule has 0 saturated carbocycles. The van der Waals surface area contributed by atoms with Gasteiger partial charge in [-0.2, -0.15) is 13.2 Å². The zero-order valence-corrected chi connectivity index (χ0v) is 27.4. The molecule has 4 aliphatic rings. The summed E-state index contributed by atoms with van der Waals surface area (Å²) >= 11 is 6.21. The van der Waals surface area contributed by atoms with Gasteiger partial charge in [0, 0.05) is 94.1 Å². The molecule has 8 nitrogen and oxygen atoms in total. The molecular formula is C35H43ClF3N3O5. The maximum Gasteiger partial charge on any atom is 0.416 e. The minimum absolute atomic E-state index is 0.0142. The highest BCUT2D eigenvalue weighted by Gasteiger charge is 2.46. The van der Waals surface area contributed by atoms with Gasteiger partial charge in [0.15, 0.2) is 0 Å². The third-order valence-electron chi connectivity index (χ3n) is 10.7. The van der Waals surface area contributed by atoms with Crippen molar-refractivity contribution in [2.45, 2.75) is 49.7 Å². The second kappa shape index (κ2) is 14.3. The molecule has 2 aromatic rings. The third kappa shape index (κ3) is 7.43. The number of anilines is 1. The molecule has 12 heteroatoms. The topological polar surface area (TPSA) is 82.6 Å². The lowest BCUT2D eigenvalue weighted by Crippen LogP contribution is -2.40. The number of halogens is 4. The highest BCUT2D eigenvalue weighted by molar-refractivity contribution is 6.30. The van der Waals surface area contributed by atoms with Gasteiger partial charge < -0.3 is 24.4 Å². The van der Waals surface area contributed by atoms with Gasteiger partial charge in [-0.05, 0) is 61.1 Å². The lowest BCUT2D eigenvalue weighted by molar-refractivity contribution is -0.142. The molecule has 256 valence electrons. The Morgan fingerprint density at radius 1 is 0.957 bits per heavy atom. The van der Waals surface area contributed by atoms with Crippen molar-refractivity contribution in [3.63, 3.8) is 0 Å². The molecule has 4 atom stereocenters. The van der Waals surface area contributed by atoms with Gasteiger partial charge in [-0.1, -0.05) is 29.8 Å². The van der Waals surface area contributed by atoms with Crippen molar-refractivity contribution in [2.75, 3.05) is 71.1 Å². The van der Waals surface area contributed by atoms with E-state index >= 15 is 0 Å². The summed E-state index contributed by atoms with van der Waals surface area (Å²) in [6.45, 7) is 4.69. The number of hydrogen-bond acceptors (Lipinski definition) is 6. The van der Waals surface area contributed by atoms with Crippen LogP contribution in [0.5, 0.6) is 0 Å². The van der Waals surface area contributed by atoms with E-state index in [0.717, 1.165) is 36.6 Å². The summed E-state index contributed by atoms with van der Waals surface area (Å²) in [5.41, 5.74) is 1.54.